The average Bonchev–Trinajstić information content (AvgIpc) is 2.32. The summed E-state index contributed by atoms with van der Waals surface area (Å²) in [5.41, 5.74) is 0.926. The molecule has 1 rings (SSSR count). The molecule has 0 heterocycles. The molecular weight excluding hydrogens is 217 g/mol. The Morgan fingerprint density at radius 2 is 2.29 bits per heavy atom. The van der Waals surface area contributed by atoms with Gasteiger partial charge < -0.3 is 10.1 Å². The maximum atomic E-state index is 13.7. The number of benzene rings is 1. The topological polar surface area (TPSA) is 21.3 Å². The molecule has 1 aromatic rings. The molecule has 1 aromatic carbocycles. The van der Waals surface area contributed by atoms with Crippen LogP contribution in [0.25, 0.3) is 0 Å². The molecule has 0 aliphatic rings. The van der Waals surface area contributed by atoms with Gasteiger partial charge in [0.2, 0.25) is 0 Å². The lowest BCUT2D eigenvalue weighted by Gasteiger charge is -2.12. The second-order valence-corrected chi connectivity index (χ2v) is 4.00. The minimum Gasteiger partial charge on any atom is -0.484 e. The van der Waals surface area contributed by atoms with E-state index in [9.17, 15) is 4.39 Å². The van der Waals surface area contributed by atoms with Gasteiger partial charge in [-0.25, -0.2) is 4.39 Å². The van der Waals surface area contributed by atoms with Gasteiger partial charge in [-0.3, -0.25) is 0 Å². The van der Waals surface area contributed by atoms with Crippen LogP contribution in [0.4, 0.5) is 4.39 Å². The van der Waals surface area contributed by atoms with Crippen LogP contribution in [-0.2, 0) is 6.54 Å². The molecule has 0 amide bonds. The van der Waals surface area contributed by atoms with Gasteiger partial charge in [0, 0.05) is 6.54 Å². The summed E-state index contributed by atoms with van der Waals surface area (Å²) in [5.74, 6) is -0.0499. The summed E-state index contributed by atoms with van der Waals surface area (Å²) in [6.45, 7) is 9.14. The molecule has 0 radical (unpaired) electrons. The Morgan fingerprint density at radius 3 is 2.88 bits per heavy atom. The third kappa shape index (κ3) is 4.57. The van der Waals surface area contributed by atoms with E-state index in [1.54, 1.807) is 12.1 Å². The van der Waals surface area contributed by atoms with E-state index in [0.717, 1.165) is 18.5 Å². The molecule has 1 N–H and O–H groups in total. The smallest absolute Gasteiger partial charge is 0.165 e. The third-order valence-corrected chi connectivity index (χ3v) is 2.40. The monoisotopic (exact) mass is 237 g/mol. The number of halogens is 1. The molecule has 17 heavy (non-hydrogen) atoms. The van der Waals surface area contributed by atoms with Gasteiger partial charge in [0.1, 0.15) is 6.10 Å². The second-order valence-electron chi connectivity index (χ2n) is 4.00. The number of ether oxygens (including phenoxy) is 1. The van der Waals surface area contributed by atoms with Crippen molar-refractivity contribution in [3.63, 3.8) is 0 Å². The fourth-order valence-corrected chi connectivity index (χ4v) is 1.41. The molecule has 1 unspecified atom stereocenters. The van der Waals surface area contributed by atoms with Crippen LogP contribution in [0.2, 0.25) is 0 Å². The van der Waals surface area contributed by atoms with Crippen molar-refractivity contribution in [1.29, 1.82) is 0 Å². The highest BCUT2D eigenvalue weighted by molar-refractivity contribution is 5.29. The summed E-state index contributed by atoms with van der Waals surface area (Å²) in [7, 11) is 0. The van der Waals surface area contributed by atoms with Crippen LogP contribution in [0.5, 0.6) is 5.75 Å². The van der Waals surface area contributed by atoms with Gasteiger partial charge in [-0.2, -0.15) is 0 Å². The lowest BCUT2D eigenvalue weighted by atomic mass is 10.2. The number of rotatable bonds is 7. The fraction of sp³-hybridized carbons (Fsp3) is 0.429. The van der Waals surface area contributed by atoms with Crippen molar-refractivity contribution >= 4 is 0 Å². The van der Waals surface area contributed by atoms with Crippen molar-refractivity contribution in [3.8, 4) is 5.75 Å². The minimum atomic E-state index is -0.325. The zero-order chi connectivity index (χ0) is 12.7. The highest BCUT2D eigenvalue weighted by Crippen LogP contribution is 2.19. The maximum Gasteiger partial charge on any atom is 0.165 e. The van der Waals surface area contributed by atoms with Crippen LogP contribution >= 0.6 is 0 Å². The van der Waals surface area contributed by atoms with Gasteiger partial charge in [-0.05, 0) is 37.6 Å². The van der Waals surface area contributed by atoms with Gasteiger partial charge in [-0.15, -0.1) is 0 Å². The third-order valence-electron chi connectivity index (χ3n) is 2.40. The SMILES string of the molecule is C=CC(C)Oc1ccc(CNCCC)cc1F. The van der Waals surface area contributed by atoms with Gasteiger partial charge in [0.15, 0.2) is 11.6 Å². The highest BCUT2D eigenvalue weighted by atomic mass is 19.1. The molecule has 3 heteroatoms. The first-order chi connectivity index (χ1) is 8.17. The predicted molar refractivity (Wildman–Crippen MR) is 68.7 cm³/mol. The number of nitrogens with one attached hydrogen (secondary N) is 1. The normalized spacial score (nSPS) is 12.2. The Labute approximate surface area is 102 Å². The van der Waals surface area contributed by atoms with E-state index in [1.165, 1.54) is 6.07 Å². The molecule has 0 aliphatic carbocycles. The summed E-state index contributed by atoms with van der Waals surface area (Å²) in [4.78, 5) is 0. The Bertz CT molecular complexity index is 365. The zero-order valence-electron chi connectivity index (χ0n) is 10.5. The van der Waals surface area contributed by atoms with Gasteiger partial charge in [-0.1, -0.05) is 25.6 Å². The van der Waals surface area contributed by atoms with E-state index in [0.29, 0.717) is 6.54 Å². The van der Waals surface area contributed by atoms with Crippen molar-refractivity contribution in [2.75, 3.05) is 6.54 Å². The Hall–Kier alpha value is -1.35. The average molecular weight is 237 g/mol. The fourth-order valence-electron chi connectivity index (χ4n) is 1.41. The highest BCUT2D eigenvalue weighted by Gasteiger charge is 2.06. The van der Waals surface area contributed by atoms with E-state index >= 15 is 0 Å². The standard InChI is InChI=1S/C14H20FNO/c1-4-8-16-10-12-6-7-14(13(15)9-12)17-11(3)5-2/h5-7,9,11,16H,2,4,8,10H2,1,3H3. The van der Waals surface area contributed by atoms with Crippen LogP contribution in [0.15, 0.2) is 30.9 Å². The first kappa shape index (κ1) is 13.7. The largest absolute Gasteiger partial charge is 0.484 e. The lowest BCUT2D eigenvalue weighted by molar-refractivity contribution is 0.257. The Kier molecular flexibility index (Phi) is 5.70. The summed E-state index contributed by atoms with van der Waals surface area (Å²) in [6.07, 6.45) is 2.52. The molecule has 1 atom stereocenters. The summed E-state index contributed by atoms with van der Waals surface area (Å²) < 4.78 is 19.0. The van der Waals surface area contributed by atoms with Crippen molar-refractivity contribution in [2.24, 2.45) is 0 Å². The van der Waals surface area contributed by atoms with Gasteiger partial charge in [0.25, 0.3) is 0 Å². The van der Waals surface area contributed by atoms with E-state index in [-0.39, 0.29) is 17.7 Å². The molecule has 0 aliphatic heterocycles. The molecule has 0 saturated heterocycles. The van der Waals surface area contributed by atoms with Crippen molar-refractivity contribution < 1.29 is 9.13 Å². The Balaban J connectivity index is 2.62. The maximum absolute atomic E-state index is 13.7. The van der Waals surface area contributed by atoms with E-state index in [2.05, 4.69) is 18.8 Å². The van der Waals surface area contributed by atoms with E-state index in [4.69, 9.17) is 4.74 Å². The van der Waals surface area contributed by atoms with Crippen LogP contribution in [0.1, 0.15) is 25.8 Å². The minimum absolute atomic E-state index is 0.187. The second kappa shape index (κ2) is 7.07. The first-order valence-corrected chi connectivity index (χ1v) is 5.95. The molecule has 2 nitrogen and oxygen atoms in total. The zero-order valence-corrected chi connectivity index (χ0v) is 10.5. The quantitative estimate of drug-likeness (QED) is 0.580. The van der Waals surface area contributed by atoms with Crippen LogP contribution < -0.4 is 10.1 Å². The van der Waals surface area contributed by atoms with Crippen LogP contribution in [-0.4, -0.2) is 12.6 Å². The molecule has 0 spiro atoms. The summed E-state index contributed by atoms with van der Waals surface area (Å²) >= 11 is 0. The molecule has 0 fully saturated rings. The Morgan fingerprint density at radius 1 is 1.53 bits per heavy atom. The van der Waals surface area contributed by atoms with Crippen LogP contribution in [0.3, 0.4) is 0 Å². The van der Waals surface area contributed by atoms with E-state index in [1.807, 2.05) is 13.0 Å². The lowest BCUT2D eigenvalue weighted by Crippen LogP contribution is -2.14. The first-order valence-electron chi connectivity index (χ1n) is 5.95. The van der Waals surface area contributed by atoms with Gasteiger partial charge in [0.05, 0.1) is 0 Å². The number of hydrogen-bond acceptors (Lipinski definition) is 2. The van der Waals surface area contributed by atoms with Crippen LogP contribution in [0, 0.1) is 5.82 Å². The molecular formula is C14H20FNO. The van der Waals surface area contributed by atoms with Crippen molar-refractivity contribution in [3.05, 3.63) is 42.2 Å². The number of hydrogen-bond donors (Lipinski definition) is 1. The van der Waals surface area contributed by atoms with E-state index < -0.39 is 0 Å². The van der Waals surface area contributed by atoms with Crippen molar-refractivity contribution in [2.45, 2.75) is 32.9 Å². The molecule has 0 saturated carbocycles. The summed E-state index contributed by atoms with van der Waals surface area (Å²) in [5, 5.41) is 3.23. The van der Waals surface area contributed by atoms with Crippen molar-refractivity contribution in [1.82, 2.24) is 5.32 Å². The molecule has 0 bridgehead atoms. The van der Waals surface area contributed by atoms with Gasteiger partial charge >= 0.3 is 0 Å². The molecule has 94 valence electrons. The predicted octanol–water partition coefficient (Wildman–Crippen LogP) is 3.28. The summed E-state index contributed by atoms with van der Waals surface area (Å²) in [6, 6.07) is 5.04. The molecule has 0 aromatic heterocycles.